The number of carboxylic acid groups (broad SMARTS) is 3. The molecular formula is C12H16O8. The van der Waals surface area contributed by atoms with Gasteiger partial charge in [0.2, 0.25) is 0 Å². The molecule has 0 fully saturated rings. The van der Waals surface area contributed by atoms with Crippen LogP contribution in [-0.2, 0) is 23.9 Å². The second-order valence-corrected chi connectivity index (χ2v) is 3.20. The minimum Gasteiger partial charge on any atom is -0.478 e. The van der Waals surface area contributed by atoms with Crippen LogP contribution >= 0.6 is 0 Å². The van der Waals surface area contributed by atoms with Crippen molar-refractivity contribution in [1.82, 2.24) is 0 Å². The maximum Gasteiger partial charge on any atom is 0.331 e. The van der Waals surface area contributed by atoms with Crippen LogP contribution in [0.25, 0.3) is 0 Å². The van der Waals surface area contributed by atoms with Crippen molar-refractivity contribution in [2.45, 2.75) is 19.8 Å². The van der Waals surface area contributed by atoms with Gasteiger partial charge < -0.3 is 20.1 Å². The highest BCUT2D eigenvalue weighted by Crippen LogP contribution is 1.89. The molecule has 0 spiro atoms. The fraction of sp³-hybridized carbons (Fsp3) is 0.333. The third kappa shape index (κ3) is 20.7. The molecule has 0 aromatic rings. The molecule has 0 atom stereocenters. The predicted molar refractivity (Wildman–Crippen MR) is 67.1 cm³/mol. The van der Waals surface area contributed by atoms with Gasteiger partial charge in [-0.1, -0.05) is 13.3 Å². The topological polar surface area (TPSA) is 138 Å². The Morgan fingerprint density at radius 3 is 1.60 bits per heavy atom. The molecule has 0 aromatic carbocycles. The summed E-state index contributed by atoms with van der Waals surface area (Å²) in [4.78, 5) is 39.7. The molecular weight excluding hydrogens is 272 g/mol. The third-order valence-electron chi connectivity index (χ3n) is 1.47. The standard InChI is InChI=1S/C8H12O4.C4H4O4/c1-2-3-6-12-8(11)5-4-7(9)10;5-3(6)1-2-4(7)8/h4-5H,2-3,6H2,1H3,(H,9,10);1-2H,(H,5,6)(H,7,8). The first-order valence-corrected chi connectivity index (χ1v) is 5.51. The van der Waals surface area contributed by atoms with E-state index in [1.807, 2.05) is 6.92 Å². The van der Waals surface area contributed by atoms with E-state index in [0.717, 1.165) is 25.0 Å². The number of unbranched alkanes of at least 4 members (excludes halogenated alkanes) is 1. The number of rotatable bonds is 7. The van der Waals surface area contributed by atoms with Gasteiger partial charge in [-0.3, -0.25) is 0 Å². The lowest BCUT2D eigenvalue weighted by Gasteiger charge is -1.97. The fourth-order valence-electron chi connectivity index (χ4n) is 0.647. The van der Waals surface area contributed by atoms with E-state index in [-0.39, 0.29) is 0 Å². The van der Waals surface area contributed by atoms with E-state index in [1.165, 1.54) is 0 Å². The van der Waals surface area contributed by atoms with Gasteiger partial charge in [0.25, 0.3) is 0 Å². The van der Waals surface area contributed by atoms with E-state index in [9.17, 15) is 19.2 Å². The van der Waals surface area contributed by atoms with Crippen LogP contribution in [0.1, 0.15) is 19.8 Å². The molecule has 0 aromatic heterocycles. The number of carbonyl (C=O) groups excluding carboxylic acids is 1. The summed E-state index contributed by atoms with van der Waals surface area (Å²) in [6.07, 6.45) is 4.51. The van der Waals surface area contributed by atoms with Gasteiger partial charge >= 0.3 is 23.9 Å². The first kappa shape index (κ1) is 19.7. The van der Waals surface area contributed by atoms with Crippen LogP contribution in [-0.4, -0.2) is 45.8 Å². The Bertz CT molecular complexity index is 378. The van der Waals surface area contributed by atoms with Gasteiger partial charge in [-0.05, 0) is 6.42 Å². The number of ether oxygens (including phenoxy) is 1. The van der Waals surface area contributed by atoms with Crippen molar-refractivity contribution in [1.29, 1.82) is 0 Å². The number of aliphatic carboxylic acids is 3. The first-order valence-electron chi connectivity index (χ1n) is 5.51. The molecule has 20 heavy (non-hydrogen) atoms. The Labute approximate surface area is 115 Å². The van der Waals surface area contributed by atoms with E-state index in [2.05, 4.69) is 4.74 Å². The monoisotopic (exact) mass is 288 g/mol. The van der Waals surface area contributed by atoms with E-state index >= 15 is 0 Å². The molecule has 0 heterocycles. The molecule has 8 heteroatoms. The summed E-state index contributed by atoms with van der Waals surface area (Å²) in [7, 11) is 0. The van der Waals surface area contributed by atoms with Crippen molar-refractivity contribution in [2.24, 2.45) is 0 Å². The molecule has 0 aliphatic heterocycles. The Kier molecular flexibility index (Phi) is 12.6. The summed E-state index contributed by atoms with van der Waals surface area (Å²) in [5.41, 5.74) is 0. The molecule has 0 saturated carbocycles. The van der Waals surface area contributed by atoms with Crippen molar-refractivity contribution in [3.8, 4) is 0 Å². The lowest BCUT2D eigenvalue weighted by atomic mass is 10.4. The van der Waals surface area contributed by atoms with Crippen molar-refractivity contribution >= 4 is 23.9 Å². The molecule has 0 unspecified atom stereocenters. The van der Waals surface area contributed by atoms with Gasteiger partial charge in [0, 0.05) is 24.3 Å². The van der Waals surface area contributed by atoms with Gasteiger partial charge in [-0.2, -0.15) is 0 Å². The average Bonchev–Trinajstić information content (AvgIpc) is 2.35. The zero-order valence-electron chi connectivity index (χ0n) is 10.8. The molecule has 0 radical (unpaired) electrons. The Morgan fingerprint density at radius 1 is 0.850 bits per heavy atom. The quantitative estimate of drug-likeness (QED) is 0.353. The lowest BCUT2D eigenvalue weighted by molar-refractivity contribution is -0.138. The Morgan fingerprint density at radius 2 is 1.25 bits per heavy atom. The smallest absolute Gasteiger partial charge is 0.331 e. The number of carboxylic acids is 3. The summed E-state index contributed by atoms with van der Waals surface area (Å²) in [5.74, 6) is -4.27. The van der Waals surface area contributed by atoms with Crippen molar-refractivity contribution in [3.05, 3.63) is 24.3 Å². The van der Waals surface area contributed by atoms with Crippen LogP contribution in [0.2, 0.25) is 0 Å². The first-order chi connectivity index (χ1) is 9.29. The second kappa shape index (κ2) is 12.8. The molecule has 8 nitrogen and oxygen atoms in total. The number of esters is 1. The second-order valence-electron chi connectivity index (χ2n) is 3.20. The van der Waals surface area contributed by atoms with Crippen LogP contribution in [0.15, 0.2) is 24.3 Å². The van der Waals surface area contributed by atoms with Gasteiger partial charge in [0.15, 0.2) is 0 Å². The highest BCUT2D eigenvalue weighted by molar-refractivity contribution is 5.90. The number of hydrogen-bond acceptors (Lipinski definition) is 5. The van der Waals surface area contributed by atoms with Crippen LogP contribution in [0.3, 0.4) is 0 Å². The van der Waals surface area contributed by atoms with Gasteiger partial charge in [-0.15, -0.1) is 0 Å². The third-order valence-corrected chi connectivity index (χ3v) is 1.47. The summed E-state index contributed by atoms with van der Waals surface area (Å²) >= 11 is 0. The summed E-state index contributed by atoms with van der Waals surface area (Å²) in [6.45, 7) is 2.32. The van der Waals surface area contributed by atoms with Crippen LogP contribution in [0, 0.1) is 0 Å². The van der Waals surface area contributed by atoms with Crippen LogP contribution in [0.4, 0.5) is 0 Å². The van der Waals surface area contributed by atoms with Crippen LogP contribution in [0.5, 0.6) is 0 Å². The van der Waals surface area contributed by atoms with Crippen molar-refractivity contribution in [2.75, 3.05) is 6.61 Å². The highest BCUT2D eigenvalue weighted by Gasteiger charge is 1.96. The molecule has 0 amide bonds. The average molecular weight is 288 g/mol. The summed E-state index contributed by atoms with van der Waals surface area (Å²) in [6, 6.07) is 0. The molecule has 112 valence electrons. The van der Waals surface area contributed by atoms with E-state index in [4.69, 9.17) is 15.3 Å². The van der Waals surface area contributed by atoms with Gasteiger partial charge in [0.05, 0.1) is 6.61 Å². The maximum absolute atomic E-state index is 10.6. The highest BCUT2D eigenvalue weighted by atomic mass is 16.5. The lowest BCUT2D eigenvalue weighted by Crippen LogP contribution is -2.02. The van der Waals surface area contributed by atoms with E-state index in [0.29, 0.717) is 18.8 Å². The van der Waals surface area contributed by atoms with Crippen molar-refractivity contribution < 1.29 is 39.2 Å². The molecule has 3 N–H and O–H groups in total. The molecule has 0 aliphatic carbocycles. The molecule has 0 aliphatic rings. The summed E-state index contributed by atoms with van der Waals surface area (Å²) in [5, 5.41) is 23.8. The van der Waals surface area contributed by atoms with Gasteiger partial charge in [-0.25, -0.2) is 19.2 Å². The Hall–Kier alpha value is -2.64. The SMILES string of the molecule is CCCCOC(=O)C=CC(=O)O.O=C(O)C=CC(=O)O. The minimum absolute atomic E-state index is 0.347. The number of carbonyl (C=O) groups is 4. The zero-order valence-corrected chi connectivity index (χ0v) is 10.8. The zero-order chi connectivity index (χ0) is 16.0. The molecule has 0 bridgehead atoms. The van der Waals surface area contributed by atoms with Crippen molar-refractivity contribution in [3.63, 3.8) is 0 Å². The van der Waals surface area contributed by atoms with E-state index in [1.54, 1.807) is 0 Å². The Balaban J connectivity index is 0. The van der Waals surface area contributed by atoms with Crippen LogP contribution < -0.4 is 0 Å². The largest absolute Gasteiger partial charge is 0.478 e. The molecule has 0 rings (SSSR count). The van der Waals surface area contributed by atoms with E-state index < -0.39 is 23.9 Å². The minimum atomic E-state index is -1.26. The van der Waals surface area contributed by atoms with Gasteiger partial charge in [0.1, 0.15) is 0 Å². The summed E-state index contributed by atoms with van der Waals surface area (Å²) < 4.78 is 4.64. The molecule has 0 saturated heterocycles. The predicted octanol–water partition coefficient (Wildman–Crippen LogP) is 0.682. The normalized spacial score (nSPS) is 9.85. The fourth-order valence-corrected chi connectivity index (χ4v) is 0.647. The maximum atomic E-state index is 10.6. The number of hydrogen-bond donors (Lipinski definition) is 3.